The molecule has 0 heterocycles. The number of hydrogen-bond acceptors (Lipinski definition) is 2. The Hall–Kier alpha value is -0.860. The topological polar surface area (TPSA) is 21.3 Å². The molecular weight excluding hydrogens is 222 g/mol. The first kappa shape index (κ1) is 15.2. The van der Waals surface area contributed by atoms with Crippen molar-refractivity contribution in [1.82, 2.24) is 5.32 Å². The molecule has 0 spiro atoms. The van der Waals surface area contributed by atoms with E-state index in [0.717, 1.165) is 26.3 Å². The summed E-state index contributed by atoms with van der Waals surface area (Å²) in [7, 11) is 0. The highest BCUT2D eigenvalue weighted by Crippen LogP contribution is 2.10. The minimum Gasteiger partial charge on any atom is -0.376 e. The first-order valence-corrected chi connectivity index (χ1v) is 7.16. The molecule has 0 aliphatic heterocycles. The van der Waals surface area contributed by atoms with Gasteiger partial charge in [0, 0.05) is 13.2 Å². The van der Waals surface area contributed by atoms with Gasteiger partial charge in [0.05, 0.1) is 6.61 Å². The lowest BCUT2D eigenvalue weighted by Gasteiger charge is -2.12. The predicted molar refractivity (Wildman–Crippen MR) is 77.6 cm³/mol. The van der Waals surface area contributed by atoms with E-state index in [2.05, 4.69) is 50.4 Å². The quantitative estimate of drug-likeness (QED) is 0.719. The standard InChI is InChI=1S/C16H27NO/c1-4-14(5-2)12-18-13-16-9-7-15(8-10-16)11-17-6-3/h7-10,14,17H,4-6,11-13H2,1-3H3. The van der Waals surface area contributed by atoms with Crippen molar-refractivity contribution in [2.24, 2.45) is 5.92 Å². The molecule has 0 fully saturated rings. The summed E-state index contributed by atoms with van der Waals surface area (Å²) < 4.78 is 5.77. The van der Waals surface area contributed by atoms with E-state index in [-0.39, 0.29) is 0 Å². The fourth-order valence-corrected chi connectivity index (χ4v) is 1.89. The van der Waals surface area contributed by atoms with E-state index in [0.29, 0.717) is 5.92 Å². The van der Waals surface area contributed by atoms with Crippen LogP contribution in [0.2, 0.25) is 0 Å². The Morgan fingerprint density at radius 3 is 2.17 bits per heavy atom. The van der Waals surface area contributed by atoms with Gasteiger partial charge < -0.3 is 10.1 Å². The van der Waals surface area contributed by atoms with Crippen LogP contribution >= 0.6 is 0 Å². The van der Waals surface area contributed by atoms with Crippen molar-refractivity contribution >= 4 is 0 Å². The molecule has 0 saturated heterocycles. The van der Waals surface area contributed by atoms with Crippen LogP contribution in [0.1, 0.15) is 44.7 Å². The number of hydrogen-bond donors (Lipinski definition) is 1. The molecule has 0 aliphatic rings. The van der Waals surface area contributed by atoms with E-state index < -0.39 is 0 Å². The maximum Gasteiger partial charge on any atom is 0.0717 e. The number of rotatable bonds is 9. The molecule has 2 nitrogen and oxygen atoms in total. The molecule has 0 aromatic heterocycles. The number of benzene rings is 1. The molecule has 0 unspecified atom stereocenters. The van der Waals surface area contributed by atoms with Gasteiger partial charge in [-0.05, 0) is 23.6 Å². The third-order valence-electron chi connectivity index (χ3n) is 3.38. The molecular formula is C16H27NO. The number of nitrogens with one attached hydrogen (secondary N) is 1. The molecule has 0 radical (unpaired) electrons. The van der Waals surface area contributed by atoms with Gasteiger partial charge in [-0.3, -0.25) is 0 Å². The summed E-state index contributed by atoms with van der Waals surface area (Å²) in [5.74, 6) is 0.707. The molecule has 1 N–H and O–H groups in total. The SMILES string of the molecule is CCNCc1ccc(COCC(CC)CC)cc1. The van der Waals surface area contributed by atoms with Gasteiger partial charge in [0.15, 0.2) is 0 Å². The van der Waals surface area contributed by atoms with Gasteiger partial charge in [-0.25, -0.2) is 0 Å². The largest absolute Gasteiger partial charge is 0.376 e. The molecule has 1 aromatic carbocycles. The summed E-state index contributed by atoms with van der Waals surface area (Å²) in [4.78, 5) is 0. The van der Waals surface area contributed by atoms with Crippen molar-refractivity contribution in [1.29, 1.82) is 0 Å². The van der Waals surface area contributed by atoms with Gasteiger partial charge in [0.25, 0.3) is 0 Å². The molecule has 1 rings (SSSR count). The summed E-state index contributed by atoms with van der Waals surface area (Å²) in [6.45, 7) is 10.2. The molecule has 2 heteroatoms. The molecule has 102 valence electrons. The third-order valence-corrected chi connectivity index (χ3v) is 3.38. The lowest BCUT2D eigenvalue weighted by molar-refractivity contribution is 0.0843. The lowest BCUT2D eigenvalue weighted by atomic mass is 10.1. The first-order valence-electron chi connectivity index (χ1n) is 7.16. The predicted octanol–water partition coefficient (Wildman–Crippen LogP) is 3.75. The first-order chi connectivity index (χ1) is 8.80. The second kappa shape index (κ2) is 9.12. The minimum atomic E-state index is 0.707. The monoisotopic (exact) mass is 249 g/mol. The summed E-state index contributed by atoms with van der Waals surface area (Å²) >= 11 is 0. The molecule has 0 saturated carbocycles. The summed E-state index contributed by atoms with van der Waals surface area (Å²) in [6.07, 6.45) is 2.41. The van der Waals surface area contributed by atoms with Crippen LogP contribution in [0.25, 0.3) is 0 Å². The Morgan fingerprint density at radius 2 is 1.61 bits per heavy atom. The van der Waals surface area contributed by atoms with Crippen LogP contribution < -0.4 is 5.32 Å². The molecule has 1 aromatic rings. The Kier molecular flexibility index (Phi) is 7.70. The Morgan fingerprint density at radius 1 is 1.00 bits per heavy atom. The normalized spacial score (nSPS) is 11.1. The van der Waals surface area contributed by atoms with Crippen molar-refractivity contribution in [3.05, 3.63) is 35.4 Å². The van der Waals surface area contributed by atoms with Crippen LogP contribution in [0.4, 0.5) is 0 Å². The minimum absolute atomic E-state index is 0.707. The van der Waals surface area contributed by atoms with E-state index in [1.165, 1.54) is 24.0 Å². The van der Waals surface area contributed by atoms with E-state index in [9.17, 15) is 0 Å². The Labute approximate surface area is 112 Å². The van der Waals surface area contributed by atoms with Crippen LogP contribution in [0.3, 0.4) is 0 Å². The van der Waals surface area contributed by atoms with Gasteiger partial charge in [-0.2, -0.15) is 0 Å². The lowest BCUT2D eigenvalue weighted by Crippen LogP contribution is -2.11. The maximum absolute atomic E-state index is 5.77. The van der Waals surface area contributed by atoms with Crippen LogP contribution in [0.5, 0.6) is 0 Å². The van der Waals surface area contributed by atoms with Crippen molar-refractivity contribution in [2.75, 3.05) is 13.2 Å². The maximum atomic E-state index is 5.77. The average Bonchev–Trinajstić information content (AvgIpc) is 2.42. The van der Waals surface area contributed by atoms with Gasteiger partial charge in [0.1, 0.15) is 0 Å². The van der Waals surface area contributed by atoms with E-state index in [1.807, 2.05) is 0 Å². The zero-order valence-electron chi connectivity index (χ0n) is 12.0. The Bertz CT molecular complexity index is 303. The van der Waals surface area contributed by atoms with Crippen molar-refractivity contribution in [3.63, 3.8) is 0 Å². The Balaban J connectivity index is 2.30. The summed E-state index contributed by atoms with van der Waals surface area (Å²) in [5.41, 5.74) is 2.60. The number of ether oxygens (including phenoxy) is 1. The third kappa shape index (κ3) is 5.65. The fourth-order valence-electron chi connectivity index (χ4n) is 1.89. The second-order valence-corrected chi connectivity index (χ2v) is 4.79. The molecule has 0 atom stereocenters. The van der Waals surface area contributed by atoms with Gasteiger partial charge in [0.2, 0.25) is 0 Å². The molecule has 0 bridgehead atoms. The molecule has 18 heavy (non-hydrogen) atoms. The van der Waals surface area contributed by atoms with E-state index in [4.69, 9.17) is 4.74 Å². The summed E-state index contributed by atoms with van der Waals surface area (Å²) in [5, 5.41) is 3.33. The van der Waals surface area contributed by atoms with Crippen molar-refractivity contribution < 1.29 is 4.74 Å². The average molecular weight is 249 g/mol. The highest BCUT2D eigenvalue weighted by atomic mass is 16.5. The summed E-state index contributed by atoms with van der Waals surface area (Å²) in [6, 6.07) is 8.69. The molecule has 0 amide bonds. The zero-order chi connectivity index (χ0) is 13.2. The van der Waals surface area contributed by atoms with E-state index >= 15 is 0 Å². The molecule has 0 aliphatic carbocycles. The fraction of sp³-hybridized carbons (Fsp3) is 0.625. The van der Waals surface area contributed by atoms with Crippen LogP contribution in [-0.2, 0) is 17.9 Å². The van der Waals surface area contributed by atoms with Crippen molar-refractivity contribution in [3.8, 4) is 0 Å². The highest BCUT2D eigenvalue weighted by molar-refractivity contribution is 5.21. The van der Waals surface area contributed by atoms with Crippen LogP contribution in [0, 0.1) is 5.92 Å². The van der Waals surface area contributed by atoms with Gasteiger partial charge in [-0.1, -0.05) is 57.9 Å². The zero-order valence-corrected chi connectivity index (χ0v) is 12.0. The van der Waals surface area contributed by atoms with Gasteiger partial charge in [-0.15, -0.1) is 0 Å². The van der Waals surface area contributed by atoms with Crippen LogP contribution in [-0.4, -0.2) is 13.2 Å². The van der Waals surface area contributed by atoms with Crippen molar-refractivity contribution in [2.45, 2.75) is 46.8 Å². The second-order valence-electron chi connectivity index (χ2n) is 4.79. The smallest absolute Gasteiger partial charge is 0.0717 e. The van der Waals surface area contributed by atoms with Gasteiger partial charge >= 0.3 is 0 Å². The van der Waals surface area contributed by atoms with Crippen LogP contribution in [0.15, 0.2) is 24.3 Å². The van der Waals surface area contributed by atoms with E-state index in [1.54, 1.807) is 0 Å². The highest BCUT2D eigenvalue weighted by Gasteiger charge is 2.03.